The molecule has 3 atom stereocenters. The second kappa shape index (κ2) is 8.44. The predicted molar refractivity (Wildman–Crippen MR) is 107 cm³/mol. The molecule has 5 nitrogen and oxygen atoms in total. The molecular weight excluding hydrogens is 340 g/mol. The number of nitrogens with one attached hydrogen (secondary N) is 1. The van der Waals surface area contributed by atoms with Crippen molar-refractivity contribution in [3.05, 3.63) is 59.7 Å². The highest BCUT2D eigenvalue weighted by molar-refractivity contribution is 5.89. The Morgan fingerprint density at radius 3 is 1.89 bits per heavy atom. The summed E-state index contributed by atoms with van der Waals surface area (Å²) in [6, 6.07) is 16.3. The molecule has 1 aliphatic rings. The first-order valence-corrected chi connectivity index (χ1v) is 9.32. The lowest BCUT2D eigenvalue weighted by Crippen LogP contribution is -2.44. The highest BCUT2D eigenvalue weighted by Gasteiger charge is 2.38. The van der Waals surface area contributed by atoms with E-state index >= 15 is 0 Å². The van der Waals surface area contributed by atoms with E-state index in [4.69, 9.17) is 9.47 Å². The van der Waals surface area contributed by atoms with Crippen molar-refractivity contribution in [2.45, 2.75) is 32.4 Å². The van der Waals surface area contributed by atoms with Crippen molar-refractivity contribution in [3.63, 3.8) is 0 Å². The van der Waals surface area contributed by atoms with E-state index in [1.807, 2.05) is 24.3 Å². The second-order valence-electron chi connectivity index (χ2n) is 7.31. The Kier molecular flexibility index (Phi) is 6.01. The van der Waals surface area contributed by atoms with Gasteiger partial charge < -0.3 is 20.0 Å². The number of methoxy groups -OCH3 is 2. The molecule has 5 heteroatoms. The van der Waals surface area contributed by atoms with E-state index in [-0.39, 0.29) is 18.0 Å². The van der Waals surface area contributed by atoms with Crippen LogP contribution >= 0.6 is 0 Å². The fourth-order valence-corrected chi connectivity index (χ4v) is 3.96. The maximum absolute atomic E-state index is 9.72. The van der Waals surface area contributed by atoms with Crippen LogP contribution in [-0.2, 0) is 0 Å². The zero-order valence-corrected chi connectivity index (χ0v) is 16.3. The van der Waals surface area contributed by atoms with E-state index < -0.39 is 0 Å². The third kappa shape index (κ3) is 4.08. The van der Waals surface area contributed by atoms with Gasteiger partial charge >= 0.3 is 0 Å². The molecule has 0 bridgehead atoms. The van der Waals surface area contributed by atoms with Crippen molar-refractivity contribution < 1.29 is 14.7 Å². The van der Waals surface area contributed by atoms with Crippen molar-refractivity contribution in [1.29, 1.82) is 0 Å². The fourth-order valence-electron chi connectivity index (χ4n) is 3.96. The molecule has 144 valence electrons. The number of oxime groups is 1. The molecule has 1 saturated heterocycles. The summed E-state index contributed by atoms with van der Waals surface area (Å²) in [5, 5.41) is 17.2. The van der Waals surface area contributed by atoms with E-state index in [0.717, 1.165) is 28.3 Å². The van der Waals surface area contributed by atoms with Crippen molar-refractivity contribution in [3.8, 4) is 11.5 Å². The first-order valence-electron chi connectivity index (χ1n) is 9.32. The van der Waals surface area contributed by atoms with Crippen LogP contribution in [0.15, 0.2) is 53.7 Å². The van der Waals surface area contributed by atoms with Crippen molar-refractivity contribution in [2.24, 2.45) is 17.0 Å². The number of hydrogen-bond acceptors (Lipinski definition) is 5. The molecule has 0 aliphatic carbocycles. The first kappa shape index (κ1) is 19.2. The lowest BCUT2D eigenvalue weighted by atomic mass is 9.75. The smallest absolute Gasteiger partial charge is 0.118 e. The van der Waals surface area contributed by atoms with Crippen LogP contribution in [0, 0.1) is 11.8 Å². The quantitative estimate of drug-likeness (QED) is 0.599. The summed E-state index contributed by atoms with van der Waals surface area (Å²) < 4.78 is 10.6. The molecular formula is C22H28N2O3. The number of hydrogen-bond donors (Lipinski definition) is 2. The normalized spacial score (nSPS) is 24.2. The van der Waals surface area contributed by atoms with Crippen LogP contribution in [0.4, 0.5) is 0 Å². The molecule has 3 unspecified atom stereocenters. The third-order valence-electron chi connectivity index (χ3n) is 5.38. The number of rotatable bonds is 5. The van der Waals surface area contributed by atoms with Crippen LogP contribution in [0.5, 0.6) is 11.5 Å². The molecule has 2 aromatic carbocycles. The molecule has 1 aliphatic heterocycles. The Hall–Kier alpha value is -2.53. The van der Waals surface area contributed by atoms with Gasteiger partial charge in [-0.1, -0.05) is 43.3 Å². The summed E-state index contributed by atoms with van der Waals surface area (Å²) in [4.78, 5) is 0. The van der Waals surface area contributed by atoms with Crippen molar-refractivity contribution in [1.82, 2.24) is 5.32 Å². The van der Waals surface area contributed by atoms with Crippen molar-refractivity contribution in [2.75, 3.05) is 14.2 Å². The minimum atomic E-state index is 0.0580. The van der Waals surface area contributed by atoms with Gasteiger partial charge in [-0.3, -0.25) is 0 Å². The second-order valence-corrected chi connectivity index (χ2v) is 7.31. The maximum Gasteiger partial charge on any atom is 0.118 e. The van der Waals surface area contributed by atoms with Gasteiger partial charge in [-0.2, -0.15) is 0 Å². The van der Waals surface area contributed by atoms with Gasteiger partial charge in [0.15, 0.2) is 0 Å². The first-order chi connectivity index (χ1) is 13.1. The largest absolute Gasteiger partial charge is 0.497 e. The van der Waals surface area contributed by atoms with E-state index in [9.17, 15) is 5.21 Å². The molecule has 1 heterocycles. The zero-order chi connectivity index (χ0) is 19.4. The third-order valence-corrected chi connectivity index (χ3v) is 5.38. The predicted octanol–water partition coefficient (Wildman–Crippen LogP) is 4.58. The average molecular weight is 368 g/mol. The van der Waals surface area contributed by atoms with Gasteiger partial charge in [0.25, 0.3) is 0 Å². The molecule has 0 amide bonds. The molecule has 2 aromatic rings. The van der Waals surface area contributed by atoms with Gasteiger partial charge in [0, 0.05) is 24.4 Å². The van der Waals surface area contributed by atoms with E-state index in [1.165, 1.54) is 0 Å². The Balaban J connectivity index is 1.95. The standard InChI is InChI=1S/C22H28N2O3/c1-14(2)21-20(24-25)13-19(15-5-9-17(26-3)10-6-15)23-22(21)16-7-11-18(27-4)12-8-16/h5-12,14,19,21-23,25H,13H2,1-4H3/b24-20-. The summed E-state index contributed by atoms with van der Waals surface area (Å²) >= 11 is 0. The Morgan fingerprint density at radius 2 is 1.44 bits per heavy atom. The van der Waals surface area contributed by atoms with Crippen LogP contribution in [-0.4, -0.2) is 25.1 Å². The van der Waals surface area contributed by atoms with Gasteiger partial charge in [0.2, 0.25) is 0 Å². The molecule has 0 radical (unpaired) electrons. The van der Waals surface area contributed by atoms with Crippen LogP contribution in [0.3, 0.4) is 0 Å². The average Bonchev–Trinajstić information content (AvgIpc) is 2.72. The van der Waals surface area contributed by atoms with Crippen molar-refractivity contribution >= 4 is 5.71 Å². The van der Waals surface area contributed by atoms with Crippen LogP contribution < -0.4 is 14.8 Å². The van der Waals surface area contributed by atoms with Gasteiger partial charge in [-0.25, -0.2) is 0 Å². The number of nitrogens with zero attached hydrogens (tertiary/aromatic N) is 1. The van der Waals surface area contributed by atoms with Crippen LogP contribution in [0.2, 0.25) is 0 Å². The molecule has 27 heavy (non-hydrogen) atoms. The molecule has 0 saturated carbocycles. The summed E-state index contributed by atoms with van der Waals surface area (Å²) in [6.45, 7) is 4.34. The lowest BCUT2D eigenvalue weighted by Gasteiger charge is -2.40. The zero-order valence-electron chi connectivity index (χ0n) is 16.3. The number of piperidine rings is 1. The molecule has 1 fully saturated rings. The lowest BCUT2D eigenvalue weighted by molar-refractivity contribution is 0.263. The van der Waals surface area contributed by atoms with Gasteiger partial charge in [0.05, 0.1) is 19.9 Å². The van der Waals surface area contributed by atoms with Crippen LogP contribution in [0.1, 0.15) is 43.5 Å². The Labute approximate surface area is 161 Å². The van der Waals surface area contributed by atoms with E-state index in [2.05, 4.69) is 48.6 Å². The van der Waals surface area contributed by atoms with Gasteiger partial charge in [0.1, 0.15) is 11.5 Å². The highest BCUT2D eigenvalue weighted by atomic mass is 16.5. The van der Waals surface area contributed by atoms with Gasteiger partial charge in [-0.05, 0) is 41.3 Å². The maximum atomic E-state index is 9.72. The minimum Gasteiger partial charge on any atom is -0.497 e. The molecule has 2 N–H and O–H groups in total. The summed E-state index contributed by atoms with van der Waals surface area (Å²) in [5.74, 6) is 2.13. The van der Waals surface area contributed by atoms with E-state index in [0.29, 0.717) is 12.3 Å². The monoisotopic (exact) mass is 368 g/mol. The molecule has 0 spiro atoms. The van der Waals surface area contributed by atoms with Crippen LogP contribution in [0.25, 0.3) is 0 Å². The topological polar surface area (TPSA) is 63.1 Å². The number of benzene rings is 2. The number of ether oxygens (including phenoxy) is 2. The fraction of sp³-hybridized carbons (Fsp3) is 0.409. The van der Waals surface area contributed by atoms with Gasteiger partial charge in [-0.15, -0.1) is 0 Å². The summed E-state index contributed by atoms with van der Waals surface area (Å²) in [5.41, 5.74) is 3.15. The van der Waals surface area contributed by atoms with E-state index in [1.54, 1.807) is 14.2 Å². The molecule has 3 rings (SSSR count). The minimum absolute atomic E-state index is 0.0580. The molecule has 0 aromatic heterocycles. The highest BCUT2D eigenvalue weighted by Crippen LogP contribution is 2.39. The SMILES string of the molecule is COc1ccc(C2C/C(=N/O)C(C(C)C)C(c3ccc(OC)cc3)N2)cc1. The Morgan fingerprint density at radius 1 is 0.926 bits per heavy atom. The Bertz CT molecular complexity index is 769. The summed E-state index contributed by atoms with van der Waals surface area (Å²) in [7, 11) is 3.33. The summed E-state index contributed by atoms with van der Waals surface area (Å²) in [6.07, 6.45) is 0.679.